The van der Waals surface area contributed by atoms with Gasteiger partial charge in [0.25, 0.3) is 11.8 Å². The number of nitrogens with zero attached hydrogens (tertiary/aromatic N) is 1. The molecular formula is C26H18Br2N2O6. The molecule has 1 aliphatic rings. The molecule has 1 saturated heterocycles. The Bertz CT molecular complexity index is 1430. The molecule has 3 aromatic carbocycles. The molecule has 36 heavy (non-hydrogen) atoms. The van der Waals surface area contributed by atoms with Gasteiger partial charge in [-0.2, -0.15) is 0 Å². The van der Waals surface area contributed by atoms with Gasteiger partial charge in [-0.05, 0) is 77.5 Å². The third kappa shape index (κ3) is 5.24. The lowest BCUT2D eigenvalue weighted by Crippen LogP contribution is -2.54. The van der Waals surface area contributed by atoms with E-state index in [2.05, 4.69) is 37.2 Å². The van der Waals surface area contributed by atoms with Crippen molar-refractivity contribution in [3.63, 3.8) is 0 Å². The second-order valence-electron chi connectivity index (χ2n) is 7.72. The van der Waals surface area contributed by atoms with Crippen molar-refractivity contribution in [1.29, 1.82) is 0 Å². The summed E-state index contributed by atoms with van der Waals surface area (Å²) in [4.78, 5) is 52.1. The molecule has 0 radical (unpaired) electrons. The van der Waals surface area contributed by atoms with Gasteiger partial charge in [-0.3, -0.25) is 14.9 Å². The van der Waals surface area contributed by atoms with Crippen molar-refractivity contribution in [1.82, 2.24) is 5.32 Å². The molecule has 0 unspecified atom stereocenters. The van der Waals surface area contributed by atoms with Crippen LogP contribution in [0.15, 0.2) is 75.2 Å². The summed E-state index contributed by atoms with van der Waals surface area (Å²) in [6.07, 6.45) is 1.27. The maximum Gasteiger partial charge on any atom is 0.343 e. The molecule has 0 saturated carbocycles. The third-order valence-electron chi connectivity index (χ3n) is 5.22. The highest BCUT2D eigenvalue weighted by Crippen LogP contribution is 2.36. The molecule has 1 fully saturated rings. The molecule has 3 aromatic rings. The Morgan fingerprint density at radius 2 is 1.72 bits per heavy atom. The molecule has 182 valence electrons. The van der Waals surface area contributed by atoms with E-state index in [1.165, 1.54) is 25.3 Å². The molecule has 1 N–H and O–H groups in total. The number of hydrogen-bond donors (Lipinski definition) is 1. The molecule has 1 heterocycles. The maximum atomic E-state index is 13.3. The van der Waals surface area contributed by atoms with Crippen LogP contribution < -0.4 is 19.7 Å². The standard InChI is InChI=1S/C26H18Br2N2O6/c1-14-4-3-5-15(10-14)25(33)36-22-16(11-17(27)13-21(22)28)12-20-23(31)29-26(34)30(24(20)32)18-6-8-19(35-2)9-7-18/h3-13H,1-2H3,(H,29,31,34)/b20-12-. The lowest BCUT2D eigenvalue weighted by Gasteiger charge is -2.26. The summed E-state index contributed by atoms with van der Waals surface area (Å²) in [6, 6.07) is 15.5. The smallest absolute Gasteiger partial charge is 0.343 e. The van der Waals surface area contributed by atoms with Crippen LogP contribution in [0.5, 0.6) is 11.5 Å². The van der Waals surface area contributed by atoms with Gasteiger partial charge in [-0.15, -0.1) is 0 Å². The molecule has 0 bridgehead atoms. The number of rotatable bonds is 5. The number of barbiturate groups is 1. The number of anilines is 1. The first kappa shape index (κ1) is 25.3. The first-order chi connectivity index (χ1) is 17.2. The molecule has 0 aromatic heterocycles. The van der Waals surface area contributed by atoms with Gasteiger partial charge >= 0.3 is 12.0 Å². The van der Waals surface area contributed by atoms with Gasteiger partial charge < -0.3 is 9.47 Å². The van der Waals surface area contributed by atoms with Gasteiger partial charge in [0, 0.05) is 10.0 Å². The van der Waals surface area contributed by atoms with Crippen LogP contribution in [0.3, 0.4) is 0 Å². The van der Waals surface area contributed by atoms with Crippen molar-refractivity contribution in [3.8, 4) is 11.5 Å². The number of amides is 4. The largest absolute Gasteiger partial charge is 0.497 e. The minimum atomic E-state index is -0.881. The van der Waals surface area contributed by atoms with Crippen LogP contribution in [0, 0.1) is 6.92 Å². The Morgan fingerprint density at radius 1 is 1.00 bits per heavy atom. The van der Waals surface area contributed by atoms with Crippen LogP contribution in [-0.2, 0) is 9.59 Å². The Hall–Kier alpha value is -3.76. The van der Waals surface area contributed by atoms with Gasteiger partial charge in [-0.1, -0.05) is 33.6 Å². The predicted molar refractivity (Wildman–Crippen MR) is 140 cm³/mol. The number of benzene rings is 3. The minimum absolute atomic E-state index is 0.103. The molecule has 4 amide bonds. The van der Waals surface area contributed by atoms with Gasteiger partial charge in [0.05, 0.1) is 22.8 Å². The van der Waals surface area contributed by atoms with Crippen molar-refractivity contribution in [3.05, 3.63) is 91.9 Å². The van der Waals surface area contributed by atoms with E-state index in [4.69, 9.17) is 9.47 Å². The number of esters is 1. The van der Waals surface area contributed by atoms with E-state index >= 15 is 0 Å². The van der Waals surface area contributed by atoms with E-state index in [1.54, 1.807) is 42.5 Å². The quantitative estimate of drug-likeness (QED) is 0.179. The van der Waals surface area contributed by atoms with E-state index in [0.717, 1.165) is 10.5 Å². The van der Waals surface area contributed by atoms with Crippen LogP contribution in [0.1, 0.15) is 21.5 Å². The Morgan fingerprint density at radius 3 is 2.39 bits per heavy atom. The number of methoxy groups -OCH3 is 1. The van der Waals surface area contributed by atoms with Gasteiger partial charge in [0.2, 0.25) is 0 Å². The van der Waals surface area contributed by atoms with Crippen LogP contribution in [0.2, 0.25) is 0 Å². The third-order valence-corrected chi connectivity index (χ3v) is 6.26. The molecule has 1 aliphatic heterocycles. The van der Waals surface area contributed by atoms with Crippen molar-refractivity contribution < 1.29 is 28.7 Å². The van der Waals surface area contributed by atoms with Crippen molar-refractivity contribution >= 4 is 67.4 Å². The lowest BCUT2D eigenvalue weighted by atomic mass is 10.1. The number of carbonyl (C=O) groups excluding carboxylic acids is 4. The number of halogens is 2. The summed E-state index contributed by atoms with van der Waals surface area (Å²) in [5, 5.41) is 2.18. The molecular weight excluding hydrogens is 596 g/mol. The maximum absolute atomic E-state index is 13.3. The summed E-state index contributed by atoms with van der Waals surface area (Å²) in [5.74, 6) is -1.68. The molecule has 4 rings (SSSR count). The van der Waals surface area contributed by atoms with E-state index in [0.29, 0.717) is 20.3 Å². The highest BCUT2D eigenvalue weighted by Gasteiger charge is 2.37. The summed E-state index contributed by atoms with van der Waals surface area (Å²) < 4.78 is 11.8. The van der Waals surface area contributed by atoms with E-state index in [1.807, 2.05) is 13.0 Å². The highest BCUT2D eigenvalue weighted by atomic mass is 79.9. The van der Waals surface area contributed by atoms with E-state index < -0.39 is 23.8 Å². The average Bonchev–Trinajstić information content (AvgIpc) is 2.84. The Kier molecular flexibility index (Phi) is 7.37. The monoisotopic (exact) mass is 612 g/mol. The average molecular weight is 614 g/mol. The summed E-state index contributed by atoms with van der Waals surface area (Å²) >= 11 is 6.75. The first-order valence-electron chi connectivity index (χ1n) is 10.5. The number of nitrogens with one attached hydrogen (secondary N) is 1. The first-order valence-corrected chi connectivity index (χ1v) is 12.1. The van der Waals surface area contributed by atoms with E-state index in [9.17, 15) is 19.2 Å². The predicted octanol–water partition coefficient (Wildman–Crippen LogP) is 5.41. The molecule has 0 aliphatic carbocycles. The second kappa shape index (κ2) is 10.5. The summed E-state index contributed by atoms with van der Waals surface area (Å²) in [6.45, 7) is 1.85. The van der Waals surface area contributed by atoms with Gasteiger partial charge in [0.1, 0.15) is 11.3 Å². The summed E-state index contributed by atoms with van der Waals surface area (Å²) in [7, 11) is 1.49. The van der Waals surface area contributed by atoms with Crippen molar-refractivity contribution in [2.45, 2.75) is 6.92 Å². The van der Waals surface area contributed by atoms with Gasteiger partial charge in [-0.25, -0.2) is 14.5 Å². The Labute approximate surface area is 223 Å². The zero-order chi connectivity index (χ0) is 26.0. The van der Waals surface area contributed by atoms with Crippen LogP contribution in [-0.4, -0.2) is 30.9 Å². The second-order valence-corrected chi connectivity index (χ2v) is 9.49. The Balaban J connectivity index is 1.74. The fourth-order valence-corrected chi connectivity index (χ4v) is 4.84. The zero-order valence-corrected chi connectivity index (χ0v) is 22.2. The summed E-state index contributed by atoms with van der Waals surface area (Å²) in [5.41, 5.74) is 1.42. The molecule has 8 nitrogen and oxygen atoms in total. The lowest BCUT2D eigenvalue weighted by molar-refractivity contribution is -0.122. The molecule has 0 atom stereocenters. The van der Waals surface area contributed by atoms with Gasteiger partial charge in [0.15, 0.2) is 5.75 Å². The van der Waals surface area contributed by atoms with E-state index in [-0.39, 0.29) is 22.6 Å². The number of hydrogen-bond acceptors (Lipinski definition) is 6. The van der Waals surface area contributed by atoms with Crippen molar-refractivity contribution in [2.24, 2.45) is 0 Å². The van der Waals surface area contributed by atoms with Crippen LogP contribution in [0.25, 0.3) is 6.08 Å². The normalized spacial score (nSPS) is 14.6. The number of urea groups is 1. The number of ether oxygens (including phenoxy) is 2. The fraction of sp³-hybridized carbons (Fsp3) is 0.0769. The van der Waals surface area contributed by atoms with Crippen molar-refractivity contribution in [2.75, 3.05) is 12.0 Å². The van der Waals surface area contributed by atoms with Crippen LogP contribution in [0.4, 0.5) is 10.5 Å². The minimum Gasteiger partial charge on any atom is -0.497 e. The SMILES string of the molecule is COc1ccc(N2C(=O)NC(=O)/C(=C/c3cc(Br)cc(Br)c3OC(=O)c3cccc(C)c3)C2=O)cc1. The topological polar surface area (TPSA) is 102 Å². The fourth-order valence-electron chi connectivity index (χ4n) is 3.50. The number of carbonyl (C=O) groups is 4. The zero-order valence-electron chi connectivity index (χ0n) is 19.0. The number of imide groups is 2. The molecule has 0 spiro atoms. The van der Waals surface area contributed by atoms with Crippen LogP contribution >= 0.6 is 31.9 Å². The highest BCUT2D eigenvalue weighted by molar-refractivity contribution is 9.11. The number of aryl methyl sites for hydroxylation is 1. The molecule has 10 heteroatoms.